The standard InChI is InChI=1S/C31H21N3S/c32-24-15-6-4-13-23(24)31(20-10-2-1-3-11-20)33-34-25-16-8-14-22-21-12-5-7-18-27(21)35-28-19-9-17-26(34)30(28)29(22)25/h1-19H,32H2. The molecule has 2 heterocycles. The normalized spacial score (nSPS) is 12.3. The molecule has 5 aromatic carbocycles. The number of benzene rings is 5. The molecule has 4 heteroatoms. The van der Waals surface area contributed by atoms with Gasteiger partial charge in [-0.2, -0.15) is 5.10 Å². The van der Waals surface area contributed by atoms with E-state index < -0.39 is 0 Å². The number of anilines is 1. The van der Waals surface area contributed by atoms with E-state index in [9.17, 15) is 0 Å². The third-order valence-electron chi connectivity index (χ3n) is 6.61. The number of aromatic nitrogens is 1. The van der Waals surface area contributed by atoms with Crippen LogP contribution >= 0.6 is 11.3 Å². The molecule has 7 aromatic rings. The fourth-order valence-corrected chi connectivity index (χ4v) is 6.17. The van der Waals surface area contributed by atoms with Crippen molar-refractivity contribution >= 4 is 64.7 Å². The number of nitrogens with zero attached hydrogens (tertiary/aromatic N) is 2. The molecule has 0 atom stereocenters. The van der Waals surface area contributed by atoms with Crippen LogP contribution < -0.4 is 5.73 Å². The molecule has 3 nitrogen and oxygen atoms in total. The highest BCUT2D eigenvalue weighted by molar-refractivity contribution is 7.24. The monoisotopic (exact) mass is 467 g/mol. The first-order chi connectivity index (χ1) is 17.3. The predicted molar refractivity (Wildman–Crippen MR) is 151 cm³/mol. The van der Waals surface area contributed by atoms with E-state index >= 15 is 0 Å². The summed E-state index contributed by atoms with van der Waals surface area (Å²) in [6.07, 6.45) is 0. The Labute approximate surface area is 206 Å². The first kappa shape index (κ1) is 20.0. The average molecular weight is 468 g/mol. The molecule has 0 fully saturated rings. The number of rotatable bonds is 3. The zero-order valence-corrected chi connectivity index (χ0v) is 19.7. The topological polar surface area (TPSA) is 43.3 Å². The number of hydrogen-bond donors (Lipinski definition) is 1. The van der Waals surface area contributed by atoms with E-state index in [1.165, 1.54) is 30.9 Å². The van der Waals surface area contributed by atoms with E-state index in [2.05, 4.69) is 77.5 Å². The predicted octanol–water partition coefficient (Wildman–Crippen LogP) is 8.05. The van der Waals surface area contributed by atoms with Crippen LogP contribution in [0.5, 0.6) is 0 Å². The zero-order chi connectivity index (χ0) is 23.4. The Bertz CT molecular complexity index is 1910. The molecule has 2 aromatic heterocycles. The Morgan fingerprint density at radius 2 is 1.26 bits per heavy atom. The van der Waals surface area contributed by atoms with Crippen LogP contribution in [0, 0.1) is 0 Å². The fraction of sp³-hybridized carbons (Fsp3) is 0. The van der Waals surface area contributed by atoms with Crippen LogP contribution in [-0.2, 0) is 0 Å². The summed E-state index contributed by atoms with van der Waals surface area (Å²) in [6.45, 7) is 0. The summed E-state index contributed by atoms with van der Waals surface area (Å²) in [6, 6.07) is 39.9. The summed E-state index contributed by atoms with van der Waals surface area (Å²) >= 11 is 1.83. The average Bonchev–Trinajstić information content (AvgIpc) is 3.14. The van der Waals surface area contributed by atoms with Gasteiger partial charge in [-0.05, 0) is 41.1 Å². The maximum Gasteiger partial charge on any atom is 0.100 e. The first-order valence-electron chi connectivity index (χ1n) is 11.6. The maximum absolute atomic E-state index is 6.45. The van der Waals surface area contributed by atoms with Gasteiger partial charge in [-0.3, -0.25) is 0 Å². The van der Waals surface area contributed by atoms with Gasteiger partial charge in [0.2, 0.25) is 0 Å². The summed E-state index contributed by atoms with van der Waals surface area (Å²) < 4.78 is 4.63. The van der Waals surface area contributed by atoms with Crippen molar-refractivity contribution in [3.63, 3.8) is 0 Å². The van der Waals surface area contributed by atoms with Gasteiger partial charge in [0.1, 0.15) is 5.71 Å². The molecule has 0 saturated heterocycles. The highest BCUT2D eigenvalue weighted by atomic mass is 32.1. The Morgan fingerprint density at radius 1 is 0.600 bits per heavy atom. The third-order valence-corrected chi connectivity index (χ3v) is 7.75. The van der Waals surface area contributed by atoms with Gasteiger partial charge in [0.05, 0.1) is 11.0 Å². The second kappa shape index (κ2) is 7.83. The summed E-state index contributed by atoms with van der Waals surface area (Å²) in [5, 5.41) is 10.3. The Morgan fingerprint density at radius 3 is 2.11 bits per heavy atom. The molecule has 2 N–H and O–H groups in total. The lowest BCUT2D eigenvalue weighted by Gasteiger charge is -2.11. The molecule has 0 amide bonds. The van der Waals surface area contributed by atoms with Crippen LogP contribution in [0.2, 0.25) is 0 Å². The van der Waals surface area contributed by atoms with E-state index in [0.29, 0.717) is 5.69 Å². The SMILES string of the molecule is Nc1ccccc1C(=Nn1c2cccc3sc4ccccc4c4cccc1c4c32)c1ccccc1. The van der Waals surface area contributed by atoms with Crippen LogP contribution in [0.3, 0.4) is 0 Å². The molecular weight excluding hydrogens is 446 g/mol. The molecule has 0 bridgehead atoms. The van der Waals surface area contributed by atoms with Gasteiger partial charge in [0, 0.05) is 37.0 Å². The summed E-state index contributed by atoms with van der Waals surface area (Å²) in [4.78, 5) is 0. The van der Waals surface area contributed by atoms with Crippen molar-refractivity contribution in [1.82, 2.24) is 4.68 Å². The number of nitrogen functional groups attached to an aromatic ring is 1. The largest absolute Gasteiger partial charge is 0.398 e. The van der Waals surface area contributed by atoms with Crippen LogP contribution in [0.25, 0.3) is 42.0 Å². The van der Waals surface area contributed by atoms with Gasteiger partial charge in [-0.15, -0.1) is 11.3 Å². The second-order valence-corrected chi connectivity index (χ2v) is 9.75. The molecule has 0 aliphatic heterocycles. The lowest BCUT2D eigenvalue weighted by atomic mass is 10.0. The molecule has 0 saturated carbocycles. The minimum atomic E-state index is 0.711. The maximum atomic E-state index is 6.45. The number of para-hydroxylation sites is 1. The molecule has 166 valence electrons. The van der Waals surface area contributed by atoms with E-state index in [0.717, 1.165) is 27.9 Å². The van der Waals surface area contributed by atoms with Crippen molar-refractivity contribution in [2.75, 3.05) is 5.73 Å². The minimum Gasteiger partial charge on any atom is -0.398 e. The van der Waals surface area contributed by atoms with Gasteiger partial charge in [0.15, 0.2) is 0 Å². The molecular formula is C31H21N3S. The van der Waals surface area contributed by atoms with Crippen LogP contribution in [0.1, 0.15) is 11.1 Å². The van der Waals surface area contributed by atoms with Crippen molar-refractivity contribution in [1.29, 1.82) is 0 Å². The lowest BCUT2D eigenvalue weighted by Crippen LogP contribution is -2.09. The van der Waals surface area contributed by atoms with E-state index in [1.54, 1.807) is 0 Å². The van der Waals surface area contributed by atoms with E-state index in [1.807, 2.05) is 53.8 Å². The van der Waals surface area contributed by atoms with Gasteiger partial charge in [-0.1, -0.05) is 84.9 Å². The number of hydrogen-bond acceptors (Lipinski definition) is 3. The second-order valence-electron chi connectivity index (χ2n) is 8.66. The molecule has 0 aliphatic carbocycles. The van der Waals surface area contributed by atoms with Crippen molar-refractivity contribution in [3.8, 4) is 0 Å². The molecule has 0 radical (unpaired) electrons. The summed E-state index contributed by atoms with van der Waals surface area (Å²) in [5.74, 6) is 0. The smallest absolute Gasteiger partial charge is 0.100 e. The minimum absolute atomic E-state index is 0.711. The highest BCUT2D eigenvalue weighted by Crippen LogP contribution is 2.41. The van der Waals surface area contributed by atoms with Gasteiger partial charge >= 0.3 is 0 Å². The van der Waals surface area contributed by atoms with Crippen molar-refractivity contribution in [2.45, 2.75) is 0 Å². The molecule has 7 rings (SSSR count). The quantitative estimate of drug-likeness (QED) is 0.207. The summed E-state index contributed by atoms with van der Waals surface area (Å²) in [5.41, 5.74) is 12.1. The molecule has 0 aliphatic rings. The van der Waals surface area contributed by atoms with Gasteiger partial charge < -0.3 is 5.73 Å². The Balaban J connectivity index is 1.66. The lowest BCUT2D eigenvalue weighted by molar-refractivity contribution is 0.967. The number of fused-ring (bicyclic) bond motifs is 2. The van der Waals surface area contributed by atoms with Crippen molar-refractivity contribution in [3.05, 3.63) is 126 Å². The Kier molecular flexibility index (Phi) is 4.47. The van der Waals surface area contributed by atoms with Crippen molar-refractivity contribution in [2.24, 2.45) is 5.10 Å². The fourth-order valence-electron chi connectivity index (χ4n) is 5.05. The highest BCUT2D eigenvalue weighted by Gasteiger charge is 2.18. The van der Waals surface area contributed by atoms with Gasteiger partial charge in [0.25, 0.3) is 0 Å². The van der Waals surface area contributed by atoms with Gasteiger partial charge in [-0.25, -0.2) is 4.68 Å². The first-order valence-corrected chi connectivity index (χ1v) is 12.4. The molecule has 35 heavy (non-hydrogen) atoms. The van der Waals surface area contributed by atoms with Crippen LogP contribution in [-0.4, -0.2) is 10.4 Å². The van der Waals surface area contributed by atoms with Crippen molar-refractivity contribution < 1.29 is 0 Å². The molecule has 0 spiro atoms. The molecule has 0 unspecified atom stereocenters. The van der Waals surface area contributed by atoms with E-state index in [-0.39, 0.29) is 0 Å². The Hall–Kier alpha value is -4.41. The van der Waals surface area contributed by atoms with E-state index in [4.69, 9.17) is 10.8 Å². The number of nitrogens with two attached hydrogens (primary N) is 1. The van der Waals surface area contributed by atoms with Crippen LogP contribution in [0.15, 0.2) is 120 Å². The van der Waals surface area contributed by atoms with Crippen LogP contribution in [0.4, 0.5) is 5.69 Å². The third kappa shape index (κ3) is 3.07. The zero-order valence-electron chi connectivity index (χ0n) is 18.8. The summed E-state index contributed by atoms with van der Waals surface area (Å²) in [7, 11) is 0.